The van der Waals surface area contributed by atoms with Crippen molar-refractivity contribution in [2.24, 2.45) is 0 Å². The van der Waals surface area contributed by atoms with E-state index < -0.39 is 11.9 Å². The van der Waals surface area contributed by atoms with Crippen molar-refractivity contribution in [3.05, 3.63) is 23.4 Å². The zero-order valence-electron chi connectivity index (χ0n) is 9.95. The van der Waals surface area contributed by atoms with Crippen LogP contribution in [0.25, 0.3) is 0 Å². The fourth-order valence-corrected chi connectivity index (χ4v) is 1.78. The number of halogens is 3. The smallest absolute Gasteiger partial charge is 0.358 e. The molecule has 1 heterocycles. The Balaban J connectivity index is 3.11. The van der Waals surface area contributed by atoms with Gasteiger partial charge in [0, 0.05) is 19.3 Å². The number of hydrogen-bond donors (Lipinski definition) is 0. The molecule has 0 aliphatic heterocycles. The first-order chi connectivity index (χ1) is 8.40. The molecule has 3 nitrogen and oxygen atoms in total. The Morgan fingerprint density at radius 2 is 2.11 bits per heavy atom. The number of anilines is 1. The van der Waals surface area contributed by atoms with Crippen LogP contribution in [0.15, 0.2) is 12.1 Å². The van der Waals surface area contributed by atoms with E-state index in [1.807, 2.05) is 12.3 Å². The number of pyridine rings is 1. The summed E-state index contributed by atoms with van der Waals surface area (Å²) in [5, 5.41) is 8.88. The molecule has 98 valence electrons. The summed E-state index contributed by atoms with van der Waals surface area (Å²) in [5.41, 5.74) is -0.834. The van der Waals surface area contributed by atoms with Crippen LogP contribution in [0.5, 0.6) is 0 Å². The second-order valence-corrected chi connectivity index (χ2v) is 4.58. The van der Waals surface area contributed by atoms with Crippen LogP contribution in [0.1, 0.15) is 11.3 Å². The van der Waals surface area contributed by atoms with Crippen LogP contribution < -0.4 is 4.90 Å². The maximum Gasteiger partial charge on any atom is 0.433 e. The van der Waals surface area contributed by atoms with Crippen LogP contribution in [-0.4, -0.2) is 30.6 Å². The second-order valence-electron chi connectivity index (χ2n) is 3.59. The molecule has 0 atom stereocenters. The predicted molar refractivity (Wildman–Crippen MR) is 65.6 cm³/mol. The van der Waals surface area contributed by atoms with Gasteiger partial charge in [-0.05, 0) is 18.4 Å². The number of rotatable bonds is 4. The minimum atomic E-state index is -4.50. The van der Waals surface area contributed by atoms with Crippen LogP contribution in [-0.2, 0) is 6.18 Å². The molecule has 0 unspecified atom stereocenters. The van der Waals surface area contributed by atoms with Gasteiger partial charge in [0.05, 0.1) is 5.56 Å². The maximum atomic E-state index is 12.6. The number of aromatic nitrogens is 1. The van der Waals surface area contributed by atoms with E-state index in [1.54, 1.807) is 23.7 Å². The van der Waals surface area contributed by atoms with Crippen molar-refractivity contribution in [2.75, 3.05) is 30.5 Å². The van der Waals surface area contributed by atoms with Crippen molar-refractivity contribution >= 4 is 17.6 Å². The zero-order chi connectivity index (χ0) is 13.8. The second kappa shape index (κ2) is 5.96. The predicted octanol–water partition coefficient (Wildman–Crippen LogP) is 2.77. The van der Waals surface area contributed by atoms with Gasteiger partial charge in [0.15, 0.2) is 0 Å². The van der Waals surface area contributed by atoms with Gasteiger partial charge in [-0.15, -0.1) is 0 Å². The molecular weight excluding hydrogens is 263 g/mol. The number of nitriles is 1. The van der Waals surface area contributed by atoms with E-state index in [1.165, 1.54) is 0 Å². The average Bonchev–Trinajstić information content (AvgIpc) is 2.34. The van der Waals surface area contributed by atoms with Crippen LogP contribution >= 0.6 is 11.8 Å². The Morgan fingerprint density at radius 3 is 2.61 bits per heavy atom. The van der Waals surface area contributed by atoms with Crippen LogP contribution in [0.3, 0.4) is 0 Å². The van der Waals surface area contributed by atoms with Gasteiger partial charge in [0.2, 0.25) is 0 Å². The summed E-state index contributed by atoms with van der Waals surface area (Å²) in [7, 11) is 1.62. The average molecular weight is 275 g/mol. The third-order valence-electron chi connectivity index (χ3n) is 2.28. The highest BCUT2D eigenvalue weighted by Gasteiger charge is 2.33. The molecule has 1 rings (SSSR count). The first kappa shape index (κ1) is 14.6. The molecular formula is C11H12F3N3S. The third kappa shape index (κ3) is 3.53. The Kier molecular flexibility index (Phi) is 4.84. The lowest BCUT2D eigenvalue weighted by Gasteiger charge is -2.19. The standard InChI is InChI=1S/C11H12F3N3S/c1-17(5-6-18-2)10-8(7-15)3-4-9(16-10)11(12,13)14/h3-4H,5-6H2,1-2H3. The highest BCUT2D eigenvalue weighted by Crippen LogP contribution is 2.30. The molecule has 0 aliphatic carbocycles. The van der Waals surface area contributed by atoms with Gasteiger partial charge in [0.1, 0.15) is 17.6 Å². The number of alkyl halides is 3. The molecule has 7 heteroatoms. The fraction of sp³-hybridized carbons (Fsp3) is 0.455. The van der Waals surface area contributed by atoms with E-state index in [-0.39, 0.29) is 11.4 Å². The Hall–Kier alpha value is -1.42. The third-order valence-corrected chi connectivity index (χ3v) is 2.87. The topological polar surface area (TPSA) is 39.9 Å². The summed E-state index contributed by atoms with van der Waals surface area (Å²) in [6, 6.07) is 3.83. The maximum absolute atomic E-state index is 12.6. The first-order valence-corrected chi connectivity index (χ1v) is 6.48. The molecule has 0 aromatic carbocycles. The molecule has 0 N–H and O–H groups in total. The van der Waals surface area contributed by atoms with Gasteiger partial charge in [-0.2, -0.15) is 30.2 Å². The van der Waals surface area contributed by atoms with Crippen molar-refractivity contribution in [3.8, 4) is 6.07 Å². The normalized spacial score (nSPS) is 11.1. The zero-order valence-corrected chi connectivity index (χ0v) is 10.8. The largest absolute Gasteiger partial charge is 0.433 e. The summed E-state index contributed by atoms with van der Waals surface area (Å²) in [5.74, 6) is 0.820. The molecule has 0 aliphatic rings. The van der Waals surface area contributed by atoms with Gasteiger partial charge in [0.25, 0.3) is 0 Å². The van der Waals surface area contributed by atoms with E-state index in [9.17, 15) is 13.2 Å². The highest BCUT2D eigenvalue weighted by atomic mass is 32.2. The lowest BCUT2D eigenvalue weighted by molar-refractivity contribution is -0.141. The molecule has 0 saturated heterocycles. The van der Waals surface area contributed by atoms with Crippen LogP contribution in [0, 0.1) is 11.3 Å². The minimum Gasteiger partial charge on any atom is -0.358 e. The van der Waals surface area contributed by atoms with Crippen molar-refractivity contribution in [2.45, 2.75) is 6.18 Å². The van der Waals surface area contributed by atoms with Gasteiger partial charge in [-0.3, -0.25) is 0 Å². The molecule has 0 fully saturated rings. The van der Waals surface area contributed by atoms with E-state index >= 15 is 0 Å². The minimum absolute atomic E-state index is 0.0707. The molecule has 18 heavy (non-hydrogen) atoms. The monoisotopic (exact) mass is 275 g/mol. The molecule has 0 radical (unpaired) electrons. The summed E-state index contributed by atoms with van der Waals surface area (Å²) in [6.45, 7) is 0.532. The summed E-state index contributed by atoms with van der Waals surface area (Å²) in [4.78, 5) is 5.10. The van der Waals surface area contributed by atoms with Crippen molar-refractivity contribution in [3.63, 3.8) is 0 Å². The number of thioether (sulfide) groups is 1. The van der Waals surface area contributed by atoms with E-state index in [2.05, 4.69) is 4.98 Å². The fourth-order valence-electron chi connectivity index (χ4n) is 1.32. The van der Waals surface area contributed by atoms with Gasteiger partial charge in [-0.25, -0.2) is 4.98 Å². The summed E-state index contributed by atoms with van der Waals surface area (Å²) < 4.78 is 37.7. The molecule has 1 aromatic heterocycles. The Morgan fingerprint density at radius 1 is 1.44 bits per heavy atom. The Labute approximate surface area is 108 Å². The molecule has 0 bridgehead atoms. The summed E-state index contributed by atoms with van der Waals surface area (Å²) in [6.07, 6.45) is -2.60. The molecule has 0 saturated carbocycles. The molecule has 0 spiro atoms. The van der Waals surface area contributed by atoms with Gasteiger partial charge < -0.3 is 4.90 Å². The number of hydrogen-bond acceptors (Lipinski definition) is 4. The Bertz CT molecular complexity index is 454. The van der Waals surface area contributed by atoms with Gasteiger partial charge >= 0.3 is 6.18 Å². The van der Waals surface area contributed by atoms with Gasteiger partial charge in [-0.1, -0.05) is 0 Å². The summed E-state index contributed by atoms with van der Waals surface area (Å²) >= 11 is 1.57. The number of nitrogens with zero attached hydrogens (tertiary/aromatic N) is 3. The lowest BCUT2D eigenvalue weighted by atomic mass is 10.2. The molecule has 1 aromatic rings. The van der Waals surface area contributed by atoms with E-state index in [4.69, 9.17) is 5.26 Å². The van der Waals surface area contributed by atoms with Crippen molar-refractivity contribution in [1.29, 1.82) is 5.26 Å². The van der Waals surface area contributed by atoms with Crippen molar-refractivity contribution < 1.29 is 13.2 Å². The van der Waals surface area contributed by atoms with E-state index in [0.29, 0.717) is 6.54 Å². The van der Waals surface area contributed by atoms with Crippen molar-refractivity contribution in [1.82, 2.24) is 4.98 Å². The first-order valence-electron chi connectivity index (χ1n) is 5.08. The highest BCUT2D eigenvalue weighted by molar-refractivity contribution is 7.98. The van der Waals surface area contributed by atoms with E-state index in [0.717, 1.165) is 17.9 Å². The van der Waals surface area contributed by atoms with Crippen LogP contribution in [0.4, 0.5) is 19.0 Å². The SMILES string of the molecule is CSCCN(C)c1nc(C(F)(F)F)ccc1C#N. The quantitative estimate of drug-likeness (QED) is 0.847. The molecule has 0 amide bonds. The lowest BCUT2D eigenvalue weighted by Crippen LogP contribution is -2.23. The van der Waals surface area contributed by atoms with Crippen LogP contribution in [0.2, 0.25) is 0 Å².